The summed E-state index contributed by atoms with van der Waals surface area (Å²) in [5.41, 5.74) is 0.00546. The van der Waals surface area contributed by atoms with E-state index in [0.717, 1.165) is 6.04 Å². The average Bonchev–Trinajstić information content (AvgIpc) is 2.19. The maximum absolute atomic E-state index is 5.35. The fourth-order valence-corrected chi connectivity index (χ4v) is 2.69. The summed E-state index contributed by atoms with van der Waals surface area (Å²) in [5, 5.41) is 2.43. The van der Waals surface area contributed by atoms with Gasteiger partial charge >= 0.3 is 0 Å². The second-order valence-electron chi connectivity index (χ2n) is 5.19. The fraction of sp³-hybridized carbons (Fsp3) is 1.00. The Morgan fingerprint density at radius 2 is 1.56 bits per heavy atom. The van der Waals surface area contributed by atoms with E-state index >= 15 is 0 Å². The van der Waals surface area contributed by atoms with Gasteiger partial charge in [-0.3, -0.25) is 0 Å². The van der Waals surface area contributed by atoms with Crippen molar-refractivity contribution in [2.24, 2.45) is 0 Å². The van der Waals surface area contributed by atoms with Crippen molar-refractivity contribution < 1.29 is 27.2 Å². The van der Waals surface area contributed by atoms with Crippen LogP contribution in [-0.2, 0) is 9.47 Å². The summed E-state index contributed by atoms with van der Waals surface area (Å²) >= 11 is 0. The molecule has 0 bridgehead atoms. The maximum Gasteiger partial charge on any atom is 0.212 e. The molecule has 0 aromatic carbocycles. The zero-order chi connectivity index (χ0) is 11.3. The molecule has 98 valence electrons. The molecule has 2 N–H and O–H groups in total. The molecular weight excluding hydrogens is 226 g/mol. The molecule has 0 unspecified atom stereocenters. The van der Waals surface area contributed by atoms with Gasteiger partial charge in [0.1, 0.15) is 5.54 Å². The fourth-order valence-electron chi connectivity index (χ4n) is 2.69. The van der Waals surface area contributed by atoms with Gasteiger partial charge in [-0.05, 0) is 39.5 Å². The van der Waals surface area contributed by atoms with Crippen molar-refractivity contribution >= 4 is 0 Å². The summed E-state index contributed by atoms with van der Waals surface area (Å²) in [6.45, 7) is 4.39. The normalized spacial score (nSPS) is 18.6. The molecule has 1 saturated carbocycles. The van der Waals surface area contributed by atoms with Gasteiger partial charge in [0, 0.05) is 14.2 Å². The van der Waals surface area contributed by atoms with Crippen LogP contribution in [0, 0.1) is 0 Å². The number of methoxy groups -OCH3 is 2. The number of ether oxygens (including phenoxy) is 2. The van der Waals surface area contributed by atoms with Gasteiger partial charge in [-0.25, -0.2) is 0 Å². The molecule has 0 aromatic heterocycles. The van der Waals surface area contributed by atoms with E-state index in [2.05, 4.69) is 19.2 Å². The van der Waals surface area contributed by atoms with Crippen LogP contribution in [0.5, 0.6) is 0 Å². The SMILES string of the molecule is COC(OC)C(C)(C)[NH2+]C1CCCCC1.[Cl-]. The first-order chi connectivity index (χ1) is 7.10. The molecule has 1 rings (SSSR count). The second-order valence-corrected chi connectivity index (χ2v) is 5.19. The van der Waals surface area contributed by atoms with Crippen molar-refractivity contribution in [3.05, 3.63) is 0 Å². The highest BCUT2D eigenvalue weighted by Crippen LogP contribution is 2.17. The van der Waals surface area contributed by atoms with Crippen LogP contribution in [0.1, 0.15) is 46.0 Å². The van der Waals surface area contributed by atoms with Gasteiger partial charge in [-0.2, -0.15) is 0 Å². The lowest BCUT2D eigenvalue weighted by molar-refractivity contribution is -0.766. The van der Waals surface area contributed by atoms with Crippen molar-refractivity contribution in [1.29, 1.82) is 0 Å². The smallest absolute Gasteiger partial charge is 0.212 e. The van der Waals surface area contributed by atoms with Crippen LogP contribution in [0.15, 0.2) is 0 Å². The van der Waals surface area contributed by atoms with Gasteiger partial charge < -0.3 is 27.2 Å². The van der Waals surface area contributed by atoms with Crippen LogP contribution in [0.25, 0.3) is 0 Å². The Kier molecular flexibility index (Phi) is 7.57. The molecular formula is C12H26ClNO2. The summed E-state index contributed by atoms with van der Waals surface area (Å²) in [6, 6.07) is 0.751. The van der Waals surface area contributed by atoms with E-state index in [9.17, 15) is 0 Å². The van der Waals surface area contributed by atoms with Crippen molar-refractivity contribution in [2.75, 3.05) is 14.2 Å². The third kappa shape index (κ3) is 4.58. The topological polar surface area (TPSA) is 35.1 Å². The minimum Gasteiger partial charge on any atom is -1.00 e. The molecule has 0 heterocycles. The molecule has 0 saturated heterocycles. The number of nitrogens with two attached hydrogens (primary N) is 1. The van der Waals surface area contributed by atoms with Crippen LogP contribution in [-0.4, -0.2) is 32.1 Å². The van der Waals surface area contributed by atoms with E-state index in [4.69, 9.17) is 9.47 Å². The van der Waals surface area contributed by atoms with Crippen LogP contribution in [0.2, 0.25) is 0 Å². The predicted molar refractivity (Wildman–Crippen MR) is 60.7 cm³/mol. The number of quaternary nitrogens is 1. The van der Waals surface area contributed by atoms with Crippen LogP contribution >= 0.6 is 0 Å². The first kappa shape index (κ1) is 16.2. The first-order valence-corrected chi connectivity index (χ1v) is 6.02. The standard InChI is InChI=1S/C12H25NO2.ClH/c1-12(2,11(14-3)15-4)13-10-8-6-5-7-9-10;/h10-11,13H,5-9H2,1-4H3;1H. The quantitative estimate of drug-likeness (QED) is 0.591. The maximum atomic E-state index is 5.35. The average molecular weight is 252 g/mol. The third-order valence-corrected chi connectivity index (χ3v) is 3.35. The van der Waals surface area contributed by atoms with E-state index in [1.807, 2.05) is 0 Å². The van der Waals surface area contributed by atoms with Crippen molar-refractivity contribution in [1.82, 2.24) is 0 Å². The monoisotopic (exact) mass is 251 g/mol. The van der Waals surface area contributed by atoms with Crippen LogP contribution < -0.4 is 17.7 Å². The molecule has 0 aliphatic heterocycles. The van der Waals surface area contributed by atoms with Gasteiger partial charge in [0.05, 0.1) is 6.04 Å². The zero-order valence-electron chi connectivity index (χ0n) is 11.0. The molecule has 1 aliphatic rings. The molecule has 4 heteroatoms. The molecule has 1 fully saturated rings. The van der Waals surface area contributed by atoms with Gasteiger partial charge in [0.2, 0.25) is 6.29 Å². The summed E-state index contributed by atoms with van der Waals surface area (Å²) < 4.78 is 10.7. The first-order valence-electron chi connectivity index (χ1n) is 6.02. The molecule has 0 aromatic rings. The van der Waals surface area contributed by atoms with E-state index in [0.29, 0.717) is 0 Å². The Balaban J connectivity index is 0.00000225. The van der Waals surface area contributed by atoms with Gasteiger partial charge in [0.15, 0.2) is 0 Å². The summed E-state index contributed by atoms with van der Waals surface area (Å²) in [6.07, 6.45) is 6.71. The highest BCUT2D eigenvalue weighted by Gasteiger charge is 2.36. The Morgan fingerprint density at radius 3 is 2.00 bits per heavy atom. The third-order valence-electron chi connectivity index (χ3n) is 3.35. The molecule has 0 atom stereocenters. The Labute approximate surface area is 106 Å². The Bertz CT molecular complexity index is 178. The Morgan fingerprint density at radius 1 is 1.06 bits per heavy atom. The number of rotatable bonds is 5. The lowest BCUT2D eigenvalue weighted by atomic mass is 9.92. The molecule has 0 radical (unpaired) electrons. The summed E-state index contributed by atoms with van der Waals surface area (Å²) in [4.78, 5) is 0. The van der Waals surface area contributed by atoms with E-state index < -0.39 is 0 Å². The van der Waals surface area contributed by atoms with Gasteiger partial charge in [-0.15, -0.1) is 0 Å². The molecule has 1 aliphatic carbocycles. The summed E-state index contributed by atoms with van der Waals surface area (Å²) in [7, 11) is 3.43. The molecule has 3 nitrogen and oxygen atoms in total. The van der Waals surface area contributed by atoms with Gasteiger partial charge in [0.25, 0.3) is 0 Å². The van der Waals surface area contributed by atoms with E-state index in [-0.39, 0.29) is 24.2 Å². The van der Waals surface area contributed by atoms with Gasteiger partial charge in [-0.1, -0.05) is 6.42 Å². The van der Waals surface area contributed by atoms with Crippen molar-refractivity contribution in [3.63, 3.8) is 0 Å². The second kappa shape index (κ2) is 7.49. The predicted octanol–water partition coefficient (Wildman–Crippen LogP) is -1.72. The Hall–Kier alpha value is 0.170. The number of hydrogen-bond donors (Lipinski definition) is 1. The molecule has 16 heavy (non-hydrogen) atoms. The highest BCUT2D eigenvalue weighted by atomic mass is 35.5. The van der Waals surface area contributed by atoms with Crippen LogP contribution in [0.4, 0.5) is 0 Å². The number of hydrogen-bond acceptors (Lipinski definition) is 2. The minimum absolute atomic E-state index is 0. The number of halogens is 1. The lowest BCUT2D eigenvalue weighted by Gasteiger charge is -2.34. The van der Waals surface area contributed by atoms with Crippen molar-refractivity contribution in [2.45, 2.75) is 63.8 Å². The largest absolute Gasteiger partial charge is 1.00 e. The van der Waals surface area contributed by atoms with Crippen molar-refractivity contribution in [3.8, 4) is 0 Å². The summed E-state index contributed by atoms with van der Waals surface area (Å²) in [5.74, 6) is 0. The van der Waals surface area contributed by atoms with E-state index in [1.165, 1.54) is 32.1 Å². The highest BCUT2D eigenvalue weighted by molar-refractivity contribution is 4.72. The zero-order valence-corrected chi connectivity index (χ0v) is 11.7. The van der Waals surface area contributed by atoms with Crippen LogP contribution in [0.3, 0.4) is 0 Å². The molecule has 0 spiro atoms. The molecule has 0 amide bonds. The van der Waals surface area contributed by atoms with E-state index in [1.54, 1.807) is 14.2 Å². The minimum atomic E-state index is -0.126. The lowest BCUT2D eigenvalue weighted by Crippen LogP contribution is -3.02.